The summed E-state index contributed by atoms with van der Waals surface area (Å²) in [4.78, 5) is 43.4. The number of carbonyl (C=O) groups is 3. The number of nitrogens with one attached hydrogen (secondary N) is 2. The minimum absolute atomic E-state index is 0.0115. The van der Waals surface area contributed by atoms with Crippen molar-refractivity contribution in [2.75, 3.05) is 24.4 Å². The van der Waals surface area contributed by atoms with Crippen LogP contribution in [-0.2, 0) is 9.59 Å². The standard InChI is InChI=1S/C40H37N3O5S/c1-4-37(40(46)43(31-16-10-6-11-17-31)32-18-12-7-13-19-32)49-34-23-20-30(21-24-34)41-39(45)35(42-38(44)28-14-8-5-9-15-28)27-29-26-33(47-2)22-25-36(29)48-3/h5-27,37H,4H2,1-3H3,(H,41,45)(H,42,44)/b35-27-. The second kappa shape index (κ2) is 16.9. The summed E-state index contributed by atoms with van der Waals surface area (Å²) in [6.07, 6.45) is 2.16. The van der Waals surface area contributed by atoms with Crippen LogP contribution in [0.2, 0.25) is 0 Å². The molecule has 1 atom stereocenters. The second-order valence-corrected chi connectivity index (χ2v) is 12.1. The van der Waals surface area contributed by atoms with Crippen molar-refractivity contribution >= 4 is 52.6 Å². The molecule has 5 rings (SSSR count). The summed E-state index contributed by atoms with van der Waals surface area (Å²) in [6, 6.07) is 40.3. The molecule has 0 aromatic heterocycles. The van der Waals surface area contributed by atoms with Gasteiger partial charge in [-0.1, -0.05) is 61.5 Å². The smallest absolute Gasteiger partial charge is 0.272 e. The number of nitrogens with zero attached hydrogens (tertiary/aromatic N) is 1. The monoisotopic (exact) mass is 671 g/mol. The zero-order valence-corrected chi connectivity index (χ0v) is 28.3. The number of methoxy groups -OCH3 is 2. The molecular formula is C40H37N3O5S. The van der Waals surface area contributed by atoms with Crippen LogP contribution in [-0.4, -0.2) is 37.2 Å². The van der Waals surface area contributed by atoms with Crippen LogP contribution < -0.4 is 25.0 Å². The molecule has 0 saturated heterocycles. The van der Waals surface area contributed by atoms with E-state index in [1.54, 1.807) is 72.7 Å². The van der Waals surface area contributed by atoms with Crippen LogP contribution in [0.4, 0.5) is 17.1 Å². The first-order chi connectivity index (χ1) is 23.9. The predicted octanol–water partition coefficient (Wildman–Crippen LogP) is 8.35. The molecule has 9 heteroatoms. The Kier molecular flexibility index (Phi) is 11.9. The largest absolute Gasteiger partial charge is 0.497 e. The molecule has 5 aromatic rings. The van der Waals surface area contributed by atoms with Gasteiger partial charge in [0.15, 0.2) is 0 Å². The average Bonchev–Trinajstić information content (AvgIpc) is 3.15. The Hall–Kier alpha value is -5.80. The molecule has 1 unspecified atom stereocenters. The van der Waals surface area contributed by atoms with E-state index in [2.05, 4.69) is 10.6 Å². The molecule has 5 aromatic carbocycles. The van der Waals surface area contributed by atoms with Crippen LogP contribution in [0.25, 0.3) is 6.08 Å². The van der Waals surface area contributed by atoms with Crippen LogP contribution >= 0.6 is 11.8 Å². The molecule has 2 N–H and O–H groups in total. The molecule has 49 heavy (non-hydrogen) atoms. The van der Waals surface area contributed by atoms with Crippen molar-refractivity contribution in [1.82, 2.24) is 5.32 Å². The van der Waals surface area contributed by atoms with Crippen molar-refractivity contribution in [2.24, 2.45) is 0 Å². The first kappa shape index (κ1) is 34.5. The number of thioether (sulfide) groups is 1. The minimum atomic E-state index is -0.530. The van der Waals surface area contributed by atoms with Gasteiger partial charge in [-0.3, -0.25) is 19.3 Å². The summed E-state index contributed by atoms with van der Waals surface area (Å²) in [5, 5.41) is 5.28. The fourth-order valence-corrected chi connectivity index (χ4v) is 6.03. The molecule has 0 heterocycles. The van der Waals surface area contributed by atoms with Gasteiger partial charge in [0.05, 0.1) is 19.5 Å². The Morgan fingerprint density at radius 3 is 1.90 bits per heavy atom. The maximum absolute atomic E-state index is 14.0. The maximum atomic E-state index is 14.0. The first-order valence-electron chi connectivity index (χ1n) is 15.7. The Morgan fingerprint density at radius 1 is 0.755 bits per heavy atom. The number of hydrogen-bond donors (Lipinski definition) is 2. The van der Waals surface area contributed by atoms with Gasteiger partial charge in [0, 0.05) is 33.1 Å². The van der Waals surface area contributed by atoms with Crippen LogP contribution in [0.5, 0.6) is 11.5 Å². The van der Waals surface area contributed by atoms with E-state index >= 15 is 0 Å². The summed E-state index contributed by atoms with van der Waals surface area (Å²) in [5.41, 5.74) is 3.07. The van der Waals surface area contributed by atoms with Crippen molar-refractivity contribution in [1.29, 1.82) is 0 Å². The van der Waals surface area contributed by atoms with Gasteiger partial charge >= 0.3 is 0 Å². The topological polar surface area (TPSA) is 97.0 Å². The van der Waals surface area contributed by atoms with E-state index < -0.39 is 11.8 Å². The van der Waals surface area contributed by atoms with E-state index in [4.69, 9.17) is 9.47 Å². The first-order valence-corrected chi connectivity index (χ1v) is 16.6. The Labute approximate surface area is 290 Å². The van der Waals surface area contributed by atoms with Crippen molar-refractivity contribution in [3.05, 3.63) is 150 Å². The number of para-hydroxylation sites is 2. The van der Waals surface area contributed by atoms with Gasteiger partial charge in [-0.2, -0.15) is 0 Å². The minimum Gasteiger partial charge on any atom is -0.497 e. The van der Waals surface area contributed by atoms with Crippen LogP contribution in [0.15, 0.2) is 144 Å². The molecule has 3 amide bonds. The summed E-state index contributed by atoms with van der Waals surface area (Å²) in [5.74, 6) is 0.0658. The van der Waals surface area contributed by atoms with Gasteiger partial charge in [-0.15, -0.1) is 11.8 Å². The van der Waals surface area contributed by atoms with E-state index in [0.29, 0.717) is 34.7 Å². The van der Waals surface area contributed by atoms with Crippen LogP contribution in [0.1, 0.15) is 29.3 Å². The third kappa shape index (κ3) is 8.97. The summed E-state index contributed by atoms with van der Waals surface area (Å²) < 4.78 is 10.9. The molecule has 0 aliphatic carbocycles. The number of anilines is 3. The normalized spacial score (nSPS) is 11.6. The molecule has 0 spiro atoms. The molecule has 8 nitrogen and oxygen atoms in total. The summed E-state index contributed by atoms with van der Waals surface area (Å²) in [6.45, 7) is 1.99. The Bertz CT molecular complexity index is 1860. The molecule has 0 aliphatic rings. The molecule has 0 radical (unpaired) electrons. The van der Waals surface area contributed by atoms with E-state index in [0.717, 1.165) is 16.3 Å². The highest BCUT2D eigenvalue weighted by Gasteiger charge is 2.26. The maximum Gasteiger partial charge on any atom is 0.272 e. The van der Waals surface area contributed by atoms with Gasteiger partial charge in [0.1, 0.15) is 17.2 Å². The van der Waals surface area contributed by atoms with Gasteiger partial charge in [-0.05, 0) is 91.4 Å². The molecule has 0 bridgehead atoms. The fourth-order valence-electron chi connectivity index (χ4n) is 5.04. The highest BCUT2D eigenvalue weighted by Crippen LogP contribution is 2.33. The van der Waals surface area contributed by atoms with E-state index in [9.17, 15) is 14.4 Å². The fraction of sp³-hybridized carbons (Fsp3) is 0.125. The van der Waals surface area contributed by atoms with Gasteiger partial charge in [-0.25, -0.2) is 0 Å². The Balaban J connectivity index is 1.35. The molecule has 0 fully saturated rings. The van der Waals surface area contributed by atoms with Gasteiger partial charge in [0.2, 0.25) is 5.91 Å². The third-order valence-corrected chi connectivity index (χ3v) is 8.92. The molecule has 0 saturated carbocycles. The molecule has 0 aliphatic heterocycles. The third-order valence-electron chi connectivity index (χ3n) is 7.55. The lowest BCUT2D eigenvalue weighted by molar-refractivity contribution is -0.117. The number of rotatable bonds is 13. The Morgan fingerprint density at radius 2 is 1.35 bits per heavy atom. The van der Waals surface area contributed by atoms with E-state index in [-0.39, 0.29) is 16.9 Å². The zero-order chi connectivity index (χ0) is 34.6. The molecule has 248 valence electrons. The SMILES string of the molecule is CCC(Sc1ccc(NC(=O)/C(=C/c2cc(OC)ccc2OC)NC(=O)c2ccccc2)cc1)C(=O)N(c1ccccc1)c1ccccc1. The average molecular weight is 672 g/mol. The van der Waals surface area contributed by atoms with Crippen molar-refractivity contribution in [3.8, 4) is 11.5 Å². The number of ether oxygens (including phenoxy) is 2. The summed E-state index contributed by atoms with van der Waals surface area (Å²) >= 11 is 1.47. The predicted molar refractivity (Wildman–Crippen MR) is 196 cm³/mol. The van der Waals surface area contributed by atoms with Gasteiger partial charge in [0.25, 0.3) is 11.8 Å². The second-order valence-electron chi connectivity index (χ2n) is 10.8. The zero-order valence-electron chi connectivity index (χ0n) is 27.5. The molecular weight excluding hydrogens is 635 g/mol. The van der Waals surface area contributed by atoms with Crippen molar-refractivity contribution in [2.45, 2.75) is 23.5 Å². The lowest BCUT2D eigenvalue weighted by atomic mass is 10.1. The van der Waals surface area contributed by atoms with E-state index in [1.807, 2.05) is 85.8 Å². The van der Waals surface area contributed by atoms with Crippen LogP contribution in [0, 0.1) is 0 Å². The lowest BCUT2D eigenvalue weighted by Crippen LogP contribution is -2.34. The quantitative estimate of drug-likeness (QED) is 0.0965. The van der Waals surface area contributed by atoms with Crippen molar-refractivity contribution in [3.63, 3.8) is 0 Å². The van der Waals surface area contributed by atoms with Crippen molar-refractivity contribution < 1.29 is 23.9 Å². The number of carbonyl (C=O) groups excluding carboxylic acids is 3. The lowest BCUT2D eigenvalue weighted by Gasteiger charge is -2.27. The summed E-state index contributed by atoms with van der Waals surface area (Å²) in [7, 11) is 3.07. The number of benzene rings is 5. The number of hydrogen-bond acceptors (Lipinski definition) is 6. The number of amides is 3. The van der Waals surface area contributed by atoms with Gasteiger partial charge < -0.3 is 20.1 Å². The highest BCUT2D eigenvalue weighted by atomic mass is 32.2. The van der Waals surface area contributed by atoms with Crippen LogP contribution in [0.3, 0.4) is 0 Å². The van der Waals surface area contributed by atoms with E-state index in [1.165, 1.54) is 18.9 Å². The highest BCUT2D eigenvalue weighted by molar-refractivity contribution is 8.00.